The van der Waals surface area contributed by atoms with E-state index in [2.05, 4.69) is 15.6 Å². The van der Waals surface area contributed by atoms with Gasteiger partial charge in [-0.1, -0.05) is 0 Å². The Morgan fingerprint density at radius 3 is 3.09 bits per heavy atom. The Morgan fingerprint density at radius 1 is 1.50 bits per heavy atom. The van der Waals surface area contributed by atoms with Gasteiger partial charge in [-0.2, -0.15) is 0 Å². The van der Waals surface area contributed by atoms with Gasteiger partial charge >= 0.3 is 6.03 Å². The number of carbonyl (C=O) groups is 1. The van der Waals surface area contributed by atoms with Crippen molar-refractivity contribution in [2.45, 2.75) is 44.6 Å². The summed E-state index contributed by atoms with van der Waals surface area (Å²) in [5.41, 5.74) is 2.34. The zero-order valence-electron chi connectivity index (χ0n) is 12.3. The van der Waals surface area contributed by atoms with Crippen LogP contribution in [0.1, 0.15) is 31.2 Å². The Labute approximate surface area is 126 Å². The predicted octanol–water partition coefficient (Wildman–Crippen LogP) is 3.34. The van der Waals surface area contributed by atoms with Gasteiger partial charge in [0.2, 0.25) is 5.92 Å². The molecule has 1 saturated carbocycles. The van der Waals surface area contributed by atoms with E-state index in [1.54, 1.807) is 29.1 Å². The topological polar surface area (TPSA) is 58.4 Å². The van der Waals surface area contributed by atoms with Gasteiger partial charge in [0.25, 0.3) is 0 Å². The molecule has 2 N–H and O–H groups in total. The Bertz CT molecular complexity index is 698. The molecule has 0 aromatic carbocycles. The molecule has 1 fully saturated rings. The molecule has 1 aliphatic rings. The molecule has 22 heavy (non-hydrogen) atoms. The van der Waals surface area contributed by atoms with Crippen LogP contribution in [0, 0.1) is 6.92 Å². The van der Waals surface area contributed by atoms with Crippen LogP contribution in [0.4, 0.5) is 19.3 Å². The van der Waals surface area contributed by atoms with Crippen molar-refractivity contribution >= 4 is 17.4 Å². The van der Waals surface area contributed by atoms with E-state index in [9.17, 15) is 13.6 Å². The van der Waals surface area contributed by atoms with Crippen LogP contribution < -0.4 is 10.6 Å². The van der Waals surface area contributed by atoms with E-state index < -0.39 is 18.0 Å². The van der Waals surface area contributed by atoms with Crippen LogP contribution in [0.3, 0.4) is 0 Å². The van der Waals surface area contributed by atoms with E-state index in [0.29, 0.717) is 18.5 Å². The Balaban J connectivity index is 1.65. The van der Waals surface area contributed by atoms with Gasteiger partial charge in [0.15, 0.2) is 0 Å². The van der Waals surface area contributed by atoms with Crippen molar-refractivity contribution in [3.63, 3.8) is 0 Å². The Kier molecular flexibility index (Phi) is 3.72. The standard InChI is InChI=1S/C15H18F2N4O/c1-10-7-12(9-21-6-5-18-13(10)21)20-14(22)19-11-3-2-4-15(16,17)8-11/h5-7,9,11H,2-4,8H2,1H3,(H2,19,20,22). The van der Waals surface area contributed by atoms with Crippen molar-refractivity contribution in [2.24, 2.45) is 0 Å². The molecule has 2 amide bonds. The van der Waals surface area contributed by atoms with Gasteiger partial charge in [-0.15, -0.1) is 0 Å². The van der Waals surface area contributed by atoms with Crippen molar-refractivity contribution < 1.29 is 13.6 Å². The van der Waals surface area contributed by atoms with Gasteiger partial charge in [-0.3, -0.25) is 0 Å². The van der Waals surface area contributed by atoms with Crippen LogP contribution in [-0.2, 0) is 0 Å². The number of nitrogens with zero attached hydrogens (tertiary/aromatic N) is 2. The third kappa shape index (κ3) is 3.18. The van der Waals surface area contributed by atoms with Crippen molar-refractivity contribution in [3.8, 4) is 0 Å². The lowest BCUT2D eigenvalue weighted by molar-refractivity contribution is -0.0423. The maximum Gasteiger partial charge on any atom is 0.319 e. The number of aromatic nitrogens is 2. The van der Waals surface area contributed by atoms with Crippen LogP contribution in [0.15, 0.2) is 24.7 Å². The van der Waals surface area contributed by atoms with Crippen LogP contribution in [0.5, 0.6) is 0 Å². The number of amides is 2. The van der Waals surface area contributed by atoms with Crippen LogP contribution in [0.2, 0.25) is 0 Å². The highest BCUT2D eigenvalue weighted by atomic mass is 19.3. The summed E-state index contributed by atoms with van der Waals surface area (Å²) in [5.74, 6) is -2.68. The highest BCUT2D eigenvalue weighted by molar-refractivity contribution is 5.89. The first-order chi connectivity index (χ1) is 10.4. The van der Waals surface area contributed by atoms with Crippen LogP contribution >= 0.6 is 0 Å². The van der Waals surface area contributed by atoms with Crippen molar-refractivity contribution in [1.29, 1.82) is 0 Å². The summed E-state index contributed by atoms with van der Waals surface area (Å²) in [6, 6.07) is 0.862. The molecule has 2 aromatic heterocycles. The number of hydrogen-bond acceptors (Lipinski definition) is 2. The van der Waals surface area contributed by atoms with Crippen molar-refractivity contribution in [1.82, 2.24) is 14.7 Å². The highest BCUT2D eigenvalue weighted by Gasteiger charge is 2.36. The lowest BCUT2D eigenvalue weighted by Crippen LogP contribution is -2.43. The van der Waals surface area contributed by atoms with E-state index in [-0.39, 0.29) is 12.8 Å². The third-order valence-corrected chi connectivity index (χ3v) is 3.90. The number of hydrogen-bond donors (Lipinski definition) is 2. The molecular formula is C15H18F2N4O. The zero-order valence-corrected chi connectivity index (χ0v) is 12.3. The van der Waals surface area contributed by atoms with E-state index in [0.717, 1.165) is 11.2 Å². The average molecular weight is 308 g/mol. The monoisotopic (exact) mass is 308 g/mol. The molecule has 1 aliphatic carbocycles. The van der Waals surface area contributed by atoms with Gasteiger partial charge < -0.3 is 15.0 Å². The lowest BCUT2D eigenvalue weighted by Gasteiger charge is -2.29. The summed E-state index contributed by atoms with van der Waals surface area (Å²) in [6.45, 7) is 1.90. The average Bonchev–Trinajstić information content (AvgIpc) is 2.85. The minimum atomic E-state index is -2.68. The molecule has 0 saturated heterocycles. The first kappa shape index (κ1) is 14.7. The number of alkyl halides is 2. The number of imidazole rings is 1. The molecule has 3 rings (SSSR count). The number of pyridine rings is 1. The number of carbonyl (C=O) groups excluding carboxylic acids is 1. The Morgan fingerprint density at radius 2 is 2.32 bits per heavy atom. The summed E-state index contributed by atoms with van der Waals surface area (Å²) >= 11 is 0. The molecular weight excluding hydrogens is 290 g/mol. The number of rotatable bonds is 2. The summed E-state index contributed by atoms with van der Waals surface area (Å²) in [7, 11) is 0. The molecule has 0 aliphatic heterocycles. The fourth-order valence-electron chi connectivity index (χ4n) is 2.92. The summed E-state index contributed by atoms with van der Waals surface area (Å²) in [6.07, 6.45) is 5.83. The molecule has 0 bridgehead atoms. The number of urea groups is 1. The molecule has 1 atom stereocenters. The smallest absolute Gasteiger partial charge is 0.319 e. The lowest BCUT2D eigenvalue weighted by atomic mass is 9.92. The van der Waals surface area contributed by atoms with E-state index >= 15 is 0 Å². The second-order valence-electron chi connectivity index (χ2n) is 5.82. The van der Waals surface area contributed by atoms with Gasteiger partial charge in [0.05, 0.1) is 5.69 Å². The van der Waals surface area contributed by atoms with Gasteiger partial charge in [-0.05, 0) is 31.4 Å². The zero-order chi connectivity index (χ0) is 15.7. The maximum absolute atomic E-state index is 13.3. The molecule has 5 nitrogen and oxygen atoms in total. The fraction of sp³-hybridized carbons (Fsp3) is 0.467. The summed E-state index contributed by atoms with van der Waals surface area (Å²) in [4.78, 5) is 16.2. The van der Waals surface area contributed by atoms with Gasteiger partial charge in [0.1, 0.15) is 5.65 Å². The molecule has 0 radical (unpaired) electrons. The molecule has 1 unspecified atom stereocenters. The normalized spacial score (nSPS) is 20.8. The van der Waals surface area contributed by atoms with Crippen LogP contribution in [-0.4, -0.2) is 27.4 Å². The maximum atomic E-state index is 13.3. The number of anilines is 1. The van der Waals surface area contributed by atoms with Gasteiger partial charge in [-0.25, -0.2) is 18.6 Å². The number of fused-ring (bicyclic) bond motifs is 1. The number of aryl methyl sites for hydroxylation is 1. The van der Waals surface area contributed by atoms with E-state index in [1.165, 1.54) is 0 Å². The molecule has 7 heteroatoms. The largest absolute Gasteiger partial charge is 0.335 e. The van der Waals surface area contributed by atoms with Crippen molar-refractivity contribution in [2.75, 3.05) is 5.32 Å². The Hall–Kier alpha value is -2.18. The summed E-state index contributed by atoms with van der Waals surface area (Å²) < 4.78 is 28.5. The second kappa shape index (κ2) is 5.55. The molecule has 0 spiro atoms. The SMILES string of the molecule is Cc1cc(NC(=O)NC2CCCC(F)(F)C2)cn2ccnc12. The van der Waals surface area contributed by atoms with Gasteiger partial charge in [0, 0.05) is 37.5 Å². The molecule has 2 heterocycles. The minimum absolute atomic E-state index is 0.0940. The fourth-order valence-corrected chi connectivity index (χ4v) is 2.92. The second-order valence-corrected chi connectivity index (χ2v) is 5.82. The summed E-state index contributed by atoms with van der Waals surface area (Å²) in [5, 5.41) is 5.33. The quantitative estimate of drug-likeness (QED) is 0.894. The third-order valence-electron chi connectivity index (χ3n) is 3.90. The first-order valence-corrected chi connectivity index (χ1v) is 7.32. The number of halogens is 2. The first-order valence-electron chi connectivity index (χ1n) is 7.32. The predicted molar refractivity (Wildman–Crippen MR) is 79.3 cm³/mol. The van der Waals surface area contributed by atoms with E-state index in [4.69, 9.17) is 0 Å². The van der Waals surface area contributed by atoms with Crippen LogP contribution in [0.25, 0.3) is 5.65 Å². The molecule has 118 valence electrons. The van der Waals surface area contributed by atoms with E-state index in [1.807, 2.05) is 6.92 Å². The van der Waals surface area contributed by atoms with Crippen molar-refractivity contribution in [3.05, 3.63) is 30.2 Å². The number of nitrogens with one attached hydrogen (secondary N) is 2. The molecule has 2 aromatic rings. The highest BCUT2D eigenvalue weighted by Crippen LogP contribution is 2.33. The minimum Gasteiger partial charge on any atom is -0.335 e.